The highest BCUT2D eigenvalue weighted by Crippen LogP contribution is 2.39. The Morgan fingerprint density at radius 2 is 1.62 bits per heavy atom. The van der Waals surface area contributed by atoms with E-state index in [9.17, 15) is 14.7 Å². The lowest BCUT2D eigenvalue weighted by molar-refractivity contribution is -0.140. The van der Waals surface area contributed by atoms with Crippen molar-refractivity contribution >= 4 is 34.8 Å². The third-order valence-electron chi connectivity index (χ3n) is 6.25. The molecule has 0 spiro atoms. The number of hydrogen-bond acceptors (Lipinski definition) is 4. The van der Waals surface area contributed by atoms with Crippen LogP contribution in [0, 0.1) is 11.8 Å². The quantitative estimate of drug-likeness (QED) is 0.368. The molecule has 4 nitrogen and oxygen atoms in total. The molecule has 1 saturated carbocycles. The number of phenolic OH excluding ortho intramolecular Hbond substituents is 1. The molecule has 0 amide bonds. The van der Waals surface area contributed by atoms with Crippen LogP contribution < -0.4 is 0 Å². The molecule has 1 N–H and O–H groups in total. The normalized spacial score (nSPS) is 26.1. The Bertz CT molecular complexity index is 710. The molecular formula is C23H29Cl2NO3. The maximum atomic E-state index is 13.3. The maximum Gasteiger partial charge on any atom is 0.145 e. The topological polar surface area (TPSA) is 57.6 Å². The molecule has 2 aliphatic carbocycles. The summed E-state index contributed by atoms with van der Waals surface area (Å²) in [4.78, 5) is 28.7. The van der Waals surface area contributed by atoms with Crippen LogP contribution in [0.15, 0.2) is 36.4 Å². The minimum atomic E-state index is -0.605. The number of rotatable bonds is 8. The number of aromatic hydroxyl groups is 1. The SMILES string of the molecule is O=C1CC(c2ccc(O)cc2)CC(=O)C1[C@H]([C@H]1CC=CCC1)N(CCCl)CCCl. The van der Waals surface area contributed by atoms with Gasteiger partial charge in [-0.3, -0.25) is 14.5 Å². The minimum absolute atomic E-state index is 0.0213. The lowest BCUT2D eigenvalue weighted by Crippen LogP contribution is -2.54. The van der Waals surface area contributed by atoms with E-state index < -0.39 is 5.92 Å². The molecule has 0 radical (unpaired) electrons. The molecule has 2 aliphatic rings. The Labute approximate surface area is 182 Å². The van der Waals surface area contributed by atoms with Gasteiger partial charge in [0.1, 0.15) is 17.3 Å². The van der Waals surface area contributed by atoms with Gasteiger partial charge in [0, 0.05) is 43.7 Å². The molecule has 0 heterocycles. The molecule has 1 fully saturated rings. The van der Waals surface area contributed by atoms with Crippen molar-refractivity contribution in [2.75, 3.05) is 24.8 Å². The molecule has 1 aromatic rings. The van der Waals surface area contributed by atoms with Gasteiger partial charge in [-0.05, 0) is 48.8 Å². The van der Waals surface area contributed by atoms with Crippen LogP contribution in [-0.2, 0) is 9.59 Å². The number of carbonyl (C=O) groups is 2. The van der Waals surface area contributed by atoms with Gasteiger partial charge in [-0.2, -0.15) is 0 Å². The van der Waals surface area contributed by atoms with E-state index in [1.165, 1.54) is 0 Å². The Kier molecular flexibility index (Phi) is 8.16. The average Bonchev–Trinajstić information content (AvgIpc) is 2.72. The largest absolute Gasteiger partial charge is 0.508 e. The van der Waals surface area contributed by atoms with Gasteiger partial charge in [-0.1, -0.05) is 24.3 Å². The zero-order valence-corrected chi connectivity index (χ0v) is 18.1. The Morgan fingerprint density at radius 1 is 1.00 bits per heavy atom. The Morgan fingerprint density at radius 3 is 2.14 bits per heavy atom. The molecule has 29 heavy (non-hydrogen) atoms. The fourth-order valence-electron chi connectivity index (χ4n) is 4.89. The second-order valence-corrected chi connectivity index (χ2v) is 8.81. The van der Waals surface area contributed by atoms with Crippen molar-refractivity contribution in [3.8, 4) is 5.75 Å². The van der Waals surface area contributed by atoms with Gasteiger partial charge in [0.25, 0.3) is 0 Å². The molecule has 3 rings (SSSR count). The van der Waals surface area contributed by atoms with Crippen molar-refractivity contribution in [1.82, 2.24) is 4.90 Å². The smallest absolute Gasteiger partial charge is 0.145 e. The third kappa shape index (κ3) is 5.42. The van der Waals surface area contributed by atoms with Crippen molar-refractivity contribution in [2.45, 2.75) is 44.1 Å². The number of halogens is 2. The van der Waals surface area contributed by atoms with Gasteiger partial charge >= 0.3 is 0 Å². The number of hydrogen-bond donors (Lipinski definition) is 1. The minimum Gasteiger partial charge on any atom is -0.508 e. The van der Waals surface area contributed by atoms with Crippen LogP contribution in [0.25, 0.3) is 0 Å². The summed E-state index contributed by atoms with van der Waals surface area (Å²) in [6, 6.07) is 6.68. The van der Waals surface area contributed by atoms with Crippen LogP contribution >= 0.6 is 23.2 Å². The van der Waals surface area contributed by atoms with Crippen molar-refractivity contribution in [2.24, 2.45) is 11.8 Å². The lowest BCUT2D eigenvalue weighted by Gasteiger charge is -2.43. The number of allylic oxidation sites excluding steroid dienone is 2. The first-order valence-electron chi connectivity index (χ1n) is 10.4. The van der Waals surface area contributed by atoms with E-state index in [2.05, 4.69) is 17.1 Å². The van der Waals surface area contributed by atoms with Crippen LogP contribution in [0.4, 0.5) is 0 Å². The van der Waals surface area contributed by atoms with E-state index in [-0.39, 0.29) is 35.2 Å². The van der Waals surface area contributed by atoms with E-state index in [1.807, 2.05) is 0 Å². The highest BCUT2D eigenvalue weighted by Gasteiger charge is 2.45. The number of carbonyl (C=O) groups excluding carboxylic acids is 2. The fourth-order valence-corrected chi connectivity index (χ4v) is 5.32. The first-order chi connectivity index (χ1) is 14.0. The second kappa shape index (κ2) is 10.6. The molecule has 6 heteroatoms. The highest BCUT2D eigenvalue weighted by molar-refractivity contribution is 6.18. The standard InChI is InChI=1S/C23H29Cl2NO3/c24-10-12-26(13-11-25)23(17-4-2-1-3-5-17)22-20(28)14-18(15-21(22)29)16-6-8-19(27)9-7-16/h1-2,6-9,17-18,22-23,27H,3-5,10-15H2/t17-,18?,22?,23-/m0/s1. The van der Waals surface area contributed by atoms with E-state index in [4.69, 9.17) is 23.2 Å². The molecule has 0 bridgehead atoms. The van der Waals surface area contributed by atoms with Crippen LogP contribution in [0.3, 0.4) is 0 Å². The van der Waals surface area contributed by atoms with Gasteiger partial charge in [0.15, 0.2) is 0 Å². The summed E-state index contributed by atoms with van der Waals surface area (Å²) in [5, 5.41) is 9.51. The predicted molar refractivity (Wildman–Crippen MR) is 117 cm³/mol. The summed E-state index contributed by atoms with van der Waals surface area (Å²) in [5.74, 6) is 0.654. The number of alkyl halides is 2. The summed E-state index contributed by atoms with van der Waals surface area (Å²) >= 11 is 12.1. The van der Waals surface area contributed by atoms with Crippen molar-refractivity contribution in [3.05, 3.63) is 42.0 Å². The summed E-state index contributed by atoms with van der Waals surface area (Å²) in [6.45, 7) is 1.25. The van der Waals surface area contributed by atoms with Gasteiger partial charge in [-0.25, -0.2) is 0 Å². The van der Waals surface area contributed by atoms with Gasteiger partial charge in [-0.15, -0.1) is 23.2 Å². The molecular weight excluding hydrogens is 409 g/mol. The van der Waals surface area contributed by atoms with Crippen LogP contribution in [0.1, 0.15) is 43.6 Å². The fraction of sp³-hybridized carbons (Fsp3) is 0.565. The van der Waals surface area contributed by atoms with Crippen molar-refractivity contribution in [3.63, 3.8) is 0 Å². The summed E-state index contributed by atoms with van der Waals surface area (Å²) in [7, 11) is 0. The van der Waals surface area contributed by atoms with Crippen LogP contribution in [0.2, 0.25) is 0 Å². The lowest BCUT2D eigenvalue weighted by atomic mass is 9.69. The van der Waals surface area contributed by atoms with Crippen molar-refractivity contribution in [1.29, 1.82) is 0 Å². The third-order valence-corrected chi connectivity index (χ3v) is 6.59. The van der Waals surface area contributed by atoms with Gasteiger partial charge in [0.05, 0.1) is 5.92 Å². The number of Topliss-reactive ketones (excluding diaryl/α,β-unsaturated/α-hetero) is 2. The predicted octanol–water partition coefficient (Wildman–Crippen LogP) is 4.53. The first-order valence-corrected chi connectivity index (χ1v) is 11.5. The molecule has 0 unspecified atom stereocenters. The maximum absolute atomic E-state index is 13.3. The van der Waals surface area contributed by atoms with Crippen molar-refractivity contribution < 1.29 is 14.7 Å². The molecule has 0 aromatic heterocycles. The van der Waals surface area contributed by atoms with Gasteiger partial charge in [0.2, 0.25) is 0 Å². The highest BCUT2D eigenvalue weighted by atomic mass is 35.5. The zero-order chi connectivity index (χ0) is 20.8. The van der Waals surface area contributed by atoms with E-state index >= 15 is 0 Å². The number of ketones is 2. The molecule has 158 valence electrons. The molecule has 0 aliphatic heterocycles. The molecule has 1 aromatic carbocycles. The van der Waals surface area contributed by atoms with E-state index in [1.54, 1.807) is 24.3 Å². The summed E-state index contributed by atoms with van der Waals surface area (Å²) in [5.41, 5.74) is 0.929. The van der Waals surface area contributed by atoms with Crippen LogP contribution in [-0.4, -0.2) is 52.5 Å². The average molecular weight is 438 g/mol. The second-order valence-electron chi connectivity index (χ2n) is 8.06. The number of nitrogens with zero attached hydrogens (tertiary/aromatic N) is 1. The molecule has 0 saturated heterocycles. The number of phenols is 1. The molecule has 2 atom stereocenters. The summed E-state index contributed by atoms with van der Waals surface area (Å²) in [6.07, 6.45) is 7.88. The number of benzene rings is 1. The monoisotopic (exact) mass is 437 g/mol. The van der Waals surface area contributed by atoms with Gasteiger partial charge < -0.3 is 5.11 Å². The van der Waals surface area contributed by atoms with E-state index in [0.717, 1.165) is 24.8 Å². The van der Waals surface area contributed by atoms with E-state index in [0.29, 0.717) is 37.7 Å². The Hall–Kier alpha value is -1.36. The Balaban J connectivity index is 1.85. The zero-order valence-electron chi connectivity index (χ0n) is 16.6. The van der Waals surface area contributed by atoms with Crippen LogP contribution in [0.5, 0.6) is 5.75 Å². The summed E-state index contributed by atoms with van der Waals surface area (Å²) < 4.78 is 0. The first kappa shape index (κ1) is 22.3.